The lowest BCUT2D eigenvalue weighted by Gasteiger charge is -2.28. The number of aryl methyl sites for hydroxylation is 1. The Morgan fingerprint density at radius 3 is 2.33 bits per heavy atom. The van der Waals surface area contributed by atoms with Crippen molar-refractivity contribution >= 4 is 15.8 Å². The fraction of sp³-hybridized carbons (Fsp3) is 0.476. The van der Waals surface area contributed by atoms with Gasteiger partial charge in [0.2, 0.25) is 10.0 Å². The van der Waals surface area contributed by atoms with Crippen molar-refractivity contribution in [1.29, 1.82) is 0 Å². The van der Waals surface area contributed by atoms with Crippen molar-refractivity contribution in [2.45, 2.75) is 50.0 Å². The Balaban J connectivity index is 1.56. The molecule has 0 N–H and O–H groups in total. The molecule has 4 rings (SSSR count). The van der Waals surface area contributed by atoms with E-state index in [1.54, 1.807) is 16.4 Å². The molecular weight excluding hydrogens is 358 g/mol. The van der Waals surface area contributed by atoms with Crippen molar-refractivity contribution in [1.82, 2.24) is 9.29 Å². The van der Waals surface area contributed by atoms with E-state index in [2.05, 4.69) is 22.0 Å². The van der Waals surface area contributed by atoms with Crippen LogP contribution in [0.1, 0.15) is 49.3 Å². The SMILES string of the molecule is Cc1ccc(S(=O)(=O)N2CCC[C@@H]2c2ccc(N3CCCCC3)nc2)cc1. The molecule has 5 nitrogen and oxygen atoms in total. The highest BCUT2D eigenvalue weighted by atomic mass is 32.2. The minimum Gasteiger partial charge on any atom is -0.357 e. The van der Waals surface area contributed by atoms with Gasteiger partial charge in [0.15, 0.2) is 0 Å². The van der Waals surface area contributed by atoms with Gasteiger partial charge in [0.1, 0.15) is 5.82 Å². The number of anilines is 1. The number of benzene rings is 1. The van der Waals surface area contributed by atoms with E-state index in [0.717, 1.165) is 42.9 Å². The normalized spacial score (nSPS) is 21.5. The minimum atomic E-state index is -3.49. The predicted octanol–water partition coefficient (Wildman–Crippen LogP) is 3.91. The summed E-state index contributed by atoms with van der Waals surface area (Å²) in [7, 11) is -3.49. The van der Waals surface area contributed by atoms with Gasteiger partial charge in [-0.15, -0.1) is 0 Å². The summed E-state index contributed by atoms with van der Waals surface area (Å²) in [5, 5.41) is 0. The first-order valence-corrected chi connectivity index (χ1v) is 11.3. The van der Waals surface area contributed by atoms with E-state index in [-0.39, 0.29) is 6.04 Å². The van der Waals surface area contributed by atoms with Crippen LogP contribution in [-0.4, -0.2) is 37.3 Å². The van der Waals surface area contributed by atoms with E-state index < -0.39 is 10.0 Å². The zero-order valence-corrected chi connectivity index (χ0v) is 16.7. The first kappa shape index (κ1) is 18.4. The van der Waals surface area contributed by atoms with E-state index >= 15 is 0 Å². The lowest BCUT2D eigenvalue weighted by molar-refractivity contribution is 0.396. The van der Waals surface area contributed by atoms with Crippen LogP contribution in [0.25, 0.3) is 0 Å². The maximum Gasteiger partial charge on any atom is 0.243 e. The van der Waals surface area contributed by atoms with E-state index in [4.69, 9.17) is 0 Å². The minimum absolute atomic E-state index is 0.126. The number of nitrogens with zero attached hydrogens (tertiary/aromatic N) is 3. The molecule has 0 amide bonds. The first-order valence-electron chi connectivity index (χ1n) is 9.85. The van der Waals surface area contributed by atoms with Gasteiger partial charge in [0, 0.05) is 25.8 Å². The smallest absolute Gasteiger partial charge is 0.243 e. The highest BCUT2D eigenvalue weighted by molar-refractivity contribution is 7.89. The molecule has 1 atom stereocenters. The molecule has 2 aliphatic heterocycles. The molecule has 144 valence electrons. The molecule has 2 saturated heterocycles. The summed E-state index contributed by atoms with van der Waals surface area (Å²) in [5.41, 5.74) is 2.05. The van der Waals surface area contributed by atoms with Crippen LogP contribution in [0.5, 0.6) is 0 Å². The molecule has 2 aromatic rings. The first-order chi connectivity index (χ1) is 13.1. The van der Waals surface area contributed by atoms with Gasteiger partial charge in [-0.25, -0.2) is 13.4 Å². The lowest BCUT2D eigenvalue weighted by atomic mass is 10.1. The Labute approximate surface area is 162 Å². The van der Waals surface area contributed by atoms with Crippen LogP contribution < -0.4 is 4.90 Å². The standard InChI is InChI=1S/C21H27N3O2S/c1-17-7-10-19(11-8-17)27(25,26)24-15-5-6-20(24)18-9-12-21(22-16-18)23-13-3-2-4-14-23/h7-12,16,20H,2-6,13-15H2,1H3/t20-/m1/s1. The average molecular weight is 386 g/mol. The second-order valence-corrected chi connectivity index (χ2v) is 9.47. The van der Waals surface area contributed by atoms with Crippen molar-refractivity contribution in [3.63, 3.8) is 0 Å². The van der Waals surface area contributed by atoms with Gasteiger partial charge in [0.25, 0.3) is 0 Å². The molecule has 2 aliphatic rings. The van der Waals surface area contributed by atoms with Gasteiger partial charge in [-0.05, 0) is 62.8 Å². The summed E-state index contributed by atoms with van der Waals surface area (Å²) in [6.07, 6.45) is 7.32. The zero-order valence-electron chi connectivity index (χ0n) is 15.8. The van der Waals surface area contributed by atoms with Gasteiger partial charge in [0.05, 0.1) is 10.9 Å². The third-order valence-electron chi connectivity index (χ3n) is 5.67. The molecule has 27 heavy (non-hydrogen) atoms. The van der Waals surface area contributed by atoms with Crippen molar-refractivity contribution in [2.75, 3.05) is 24.5 Å². The van der Waals surface area contributed by atoms with Crippen LogP contribution in [0, 0.1) is 6.92 Å². The fourth-order valence-corrected chi connectivity index (χ4v) is 5.79. The Hall–Kier alpha value is -1.92. The van der Waals surface area contributed by atoms with E-state index in [0.29, 0.717) is 11.4 Å². The van der Waals surface area contributed by atoms with Gasteiger partial charge in [-0.3, -0.25) is 0 Å². The quantitative estimate of drug-likeness (QED) is 0.801. The highest BCUT2D eigenvalue weighted by Gasteiger charge is 2.36. The summed E-state index contributed by atoms with van der Waals surface area (Å²) >= 11 is 0. The van der Waals surface area contributed by atoms with E-state index in [1.165, 1.54) is 19.3 Å². The van der Waals surface area contributed by atoms with Gasteiger partial charge >= 0.3 is 0 Å². The predicted molar refractivity (Wildman–Crippen MR) is 107 cm³/mol. The molecule has 0 unspecified atom stereocenters. The molecular formula is C21H27N3O2S. The summed E-state index contributed by atoms with van der Waals surface area (Å²) in [6.45, 7) is 4.65. The van der Waals surface area contributed by atoms with Crippen molar-refractivity contribution < 1.29 is 8.42 Å². The molecule has 1 aromatic heterocycles. The fourth-order valence-electron chi connectivity index (χ4n) is 4.11. The molecule has 3 heterocycles. The number of pyridine rings is 1. The Kier molecular flexibility index (Phi) is 5.19. The highest BCUT2D eigenvalue weighted by Crippen LogP contribution is 2.36. The number of sulfonamides is 1. The molecule has 0 radical (unpaired) electrons. The van der Waals surface area contributed by atoms with Crippen LogP contribution in [0.15, 0.2) is 47.5 Å². The average Bonchev–Trinajstić information content (AvgIpc) is 3.20. The second-order valence-electron chi connectivity index (χ2n) is 7.58. The zero-order chi connectivity index (χ0) is 18.9. The van der Waals surface area contributed by atoms with Crippen molar-refractivity contribution in [2.24, 2.45) is 0 Å². The van der Waals surface area contributed by atoms with Crippen LogP contribution in [0.4, 0.5) is 5.82 Å². The van der Waals surface area contributed by atoms with Crippen LogP contribution in [0.3, 0.4) is 0 Å². The summed E-state index contributed by atoms with van der Waals surface area (Å²) in [6, 6.07) is 11.1. The Bertz CT molecular complexity index is 873. The van der Waals surface area contributed by atoms with E-state index in [1.807, 2.05) is 25.3 Å². The van der Waals surface area contributed by atoms with Crippen LogP contribution >= 0.6 is 0 Å². The molecule has 0 aliphatic carbocycles. The van der Waals surface area contributed by atoms with Gasteiger partial charge in [-0.2, -0.15) is 4.31 Å². The molecule has 2 fully saturated rings. The molecule has 1 aromatic carbocycles. The van der Waals surface area contributed by atoms with Crippen molar-refractivity contribution in [3.05, 3.63) is 53.7 Å². The largest absolute Gasteiger partial charge is 0.357 e. The van der Waals surface area contributed by atoms with Crippen molar-refractivity contribution in [3.8, 4) is 0 Å². The van der Waals surface area contributed by atoms with Gasteiger partial charge in [-0.1, -0.05) is 23.8 Å². The lowest BCUT2D eigenvalue weighted by Crippen LogP contribution is -2.31. The van der Waals surface area contributed by atoms with E-state index in [9.17, 15) is 8.42 Å². The number of hydrogen-bond donors (Lipinski definition) is 0. The maximum absolute atomic E-state index is 13.1. The number of piperidine rings is 1. The Morgan fingerprint density at radius 2 is 1.67 bits per heavy atom. The summed E-state index contributed by atoms with van der Waals surface area (Å²) < 4.78 is 27.9. The monoisotopic (exact) mass is 385 g/mol. The van der Waals surface area contributed by atoms with Crippen LogP contribution in [0.2, 0.25) is 0 Å². The Morgan fingerprint density at radius 1 is 0.926 bits per heavy atom. The molecule has 0 bridgehead atoms. The molecule has 6 heteroatoms. The number of aromatic nitrogens is 1. The molecule has 0 saturated carbocycles. The topological polar surface area (TPSA) is 53.5 Å². The number of hydrogen-bond acceptors (Lipinski definition) is 4. The van der Waals surface area contributed by atoms with Gasteiger partial charge < -0.3 is 4.90 Å². The summed E-state index contributed by atoms with van der Waals surface area (Å²) in [4.78, 5) is 7.35. The number of rotatable bonds is 4. The molecule has 0 spiro atoms. The van der Waals surface area contributed by atoms with Crippen LogP contribution in [-0.2, 0) is 10.0 Å². The maximum atomic E-state index is 13.1. The second kappa shape index (κ2) is 7.60. The third kappa shape index (κ3) is 3.73. The summed E-state index contributed by atoms with van der Waals surface area (Å²) in [5.74, 6) is 1.00. The third-order valence-corrected chi connectivity index (χ3v) is 7.59.